The summed E-state index contributed by atoms with van der Waals surface area (Å²) in [6.45, 7) is 0.171. The Morgan fingerprint density at radius 2 is 2.12 bits per heavy atom. The lowest BCUT2D eigenvalue weighted by Crippen LogP contribution is -2.22. The van der Waals surface area contributed by atoms with Crippen LogP contribution >= 0.6 is 0 Å². The number of halogens is 2. The standard InChI is InChI=1S/C10H12F2N2O2/c11-7-3-4-8(13)6(9(7)12)2-1-5-14-10(15)16/h3-4,14H,1-2,5,13H2,(H,15,16). The molecule has 4 nitrogen and oxygen atoms in total. The van der Waals surface area contributed by atoms with Gasteiger partial charge in [-0.2, -0.15) is 0 Å². The molecule has 0 saturated heterocycles. The van der Waals surface area contributed by atoms with Crippen LogP contribution in [0.4, 0.5) is 19.3 Å². The number of benzene rings is 1. The molecule has 0 bridgehead atoms. The highest BCUT2D eigenvalue weighted by molar-refractivity contribution is 5.64. The van der Waals surface area contributed by atoms with E-state index >= 15 is 0 Å². The van der Waals surface area contributed by atoms with E-state index in [4.69, 9.17) is 10.8 Å². The summed E-state index contributed by atoms with van der Waals surface area (Å²) >= 11 is 0. The van der Waals surface area contributed by atoms with E-state index in [0.717, 1.165) is 6.07 Å². The summed E-state index contributed by atoms with van der Waals surface area (Å²) < 4.78 is 26.1. The Bertz CT molecular complexity index is 397. The molecule has 1 aromatic carbocycles. The van der Waals surface area contributed by atoms with Crippen molar-refractivity contribution in [3.63, 3.8) is 0 Å². The molecule has 16 heavy (non-hydrogen) atoms. The second-order valence-corrected chi connectivity index (χ2v) is 3.26. The van der Waals surface area contributed by atoms with Crippen LogP contribution in [0.1, 0.15) is 12.0 Å². The van der Waals surface area contributed by atoms with E-state index in [0.29, 0.717) is 6.42 Å². The highest BCUT2D eigenvalue weighted by Crippen LogP contribution is 2.20. The largest absolute Gasteiger partial charge is 0.465 e. The SMILES string of the molecule is Nc1ccc(F)c(F)c1CCCNC(=O)O. The Morgan fingerprint density at radius 1 is 1.44 bits per heavy atom. The number of nitrogens with two attached hydrogens (primary N) is 1. The predicted molar refractivity (Wildman–Crippen MR) is 55.1 cm³/mol. The maximum Gasteiger partial charge on any atom is 0.404 e. The van der Waals surface area contributed by atoms with Crippen molar-refractivity contribution in [3.05, 3.63) is 29.3 Å². The molecule has 0 saturated carbocycles. The van der Waals surface area contributed by atoms with Crippen LogP contribution in [-0.4, -0.2) is 17.7 Å². The zero-order valence-electron chi connectivity index (χ0n) is 8.46. The van der Waals surface area contributed by atoms with Crippen LogP contribution in [-0.2, 0) is 6.42 Å². The van der Waals surface area contributed by atoms with Gasteiger partial charge in [0.05, 0.1) is 0 Å². The molecule has 0 unspecified atom stereocenters. The van der Waals surface area contributed by atoms with E-state index in [1.807, 2.05) is 0 Å². The topological polar surface area (TPSA) is 75.3 Å². The predicted octanol–water partition coefficient (Wildman–Crippen LogP) is 1.75. The van der Waals surface area contributed by atoms with Gasteiger partial charge in [-0.05, 0) is 25.0 Å². The van der Waals surface area contributed by atoms with Gasteiger partial charge < -0.3 is 16.2 Å². The van der Waals surface area contributed by atoms with E-state index in [1.165, 1.54) is 6.07 Å². The van der Waals surface area contributed by atoms with Crippen molar-refractivity contribution in [3.8, 4) is 0 Å². The quantitative estimate of drug-likeness (QED) is 0.544. The fourth-order valence-electron chi connectivity index (χ4n) is 1.32. The van der Waals surface area contributed by atoms with Crippen LogP contribution in [0.3, 0.4) is 0 Å². The molecule has 0 spiro atoms. The fraction of sp³-hybridized carbons (Fsp3) is 0.300. The maximum absolute atomic E-state index is 13.3. The van der Waals surface area contributed by atoms with Crippen molar-refractivity contribution >= 4 is 11.8 Å². The molecule has 0 fully saturated rings. The number of nitrogen functional groups attached to an aromatic ring is 1. The first-order chi connectivity index (χ1) is 7.52. The number of rotatable bonds is 4. The average Bonchev–Trinajstić information content (AvgIpc) is 2.22. The van der Waals surface area contributed by atoms with E-state index in [1.54, 1.807) is 0 Å². The lowest BCUT2D eigenvalue weighted by atomic mass is 10.1. The van der Waals surface area contributed by atoms with Crippen LogP contribution in [0, 0.1) is 11.6 Å². The molecule has 0 aliphatic rings. The number of anilines is 1. The minimum absolute atomic E-state index is 0.0900. The lowest BCUT2D eigenvalue weighted by Gasteiger charge is -2.07. The molecule has 88 valence electrons. The molecule has 0 aliphatic carbocycles. The Kier molecular flexibility index (Phi) is 4.04. The molecule has 6 heteroatoms. The summed E-state index contributed by atoms with van der Waals surface area (Å²) in [4.78, 5) is 10.1. The number of nitrogens with one attached hydrogen (secondary N) is 1. The number of hydrogen-bond acceptors (Lipinski definition) is 2. The Balaban J connectivity index is 2.60. The van der Waals surface area contributed by atoms with Gasteiger partial charge in [0.15, 0.2) is 11.6 Å². The number of carboxylic acid groups (broad SMARTS) is 1. The smallest absolute Gasteiger partial charge is 0.404 e. The van der Waals surface area contributed by atoms with Crippen LogP contribution in [0.25, 0.3) is 0 Å². The first-order valence-electron chi connectivity index (χ1n) is 4.71. The molecule has 4 N–H and O–H groups in total. The number of carbonyl (C=O) groups is 1. The Morgan fingerprint density at radius 3 is 2.75 bits per heavy atom. The highest BCUT2D eigenvalue weighted by Gasteiger charge is 2.11. The average molecular weight is 230 g/mol. The second-order valence-electron chi connectivity index (χ2n) is 3.26. The van der Waals surface area contributed by atoms with Gasteiger partial charge in [-0.15, -0.1) is 0 Å². The molecule has 0 radical (unpaired) electrons. The highest BCUT2D eigenvalue weighted by atomic mass is 19.2. The van der Waals surface area contributed by atoms with E-state index in [-0.39, 0.29) is 24.2 Å². The summed E-state index contributed by atoms with van der Waals surface area (Å²) in [5.74, 6) is -1.91. The molecule has 1 aromatic rings. The van der Waals surface area contributed by atoms with E-state index in [2.05, 4.69) is 5.32 Å². The third-order valence-electron chi connectivity index (χ3n) is 2.11. The van der Waals surface area contributed by atoms with Crippen molar-refractivity contribution in [2.75, 3.05) is 12.3 Å². The first kappa shape index (κ1) is 12.2. The monoisotopic (exact) mass is 230 g/mol. The van der Waals surface area contributed by atoms with E-state index in [9.17, 15) is 13.6 Å². The molecule has 1 rings (SSSR count). The van der Waals surface area contributed by atoms with Crippen molar-refractivity contribution in [2.24, 2.45) is 0 Å². The molecule has 0 heterocycles. The molecule has 0 aliphatic heterocycles. The lowest BCUT2D eigenvalue weighted by molar-refractivity contribution is 0.194. The normalized spacial score (nSPS) is 10.1. The minimum Gasteiger partial charge on any atom is -0.465 e. The second kappa shape index (κ2) is 5.29. The van der Waals surface area contributed by atoms with Crippen LogP contribution < -0.4 is 11.1 Å². The van der Waals surface area contributed by atoms with Crippen molar-refractivity contribution in [2.45, 2.75) is 12.8 Å². The Hall–Kier alpha value is -1.85. The van der Waals surface area contributed by atoms with Gasteiger partial charge in [-0.1, -0.05) is 0 Å². The van der Waals surface area contributed by atoms with Gasteiger partial charge in [-0.3, -0.25) is 0 Å². The van der Waals surface area contributed by atoms with Gasteiger partial charge in [0.25, 0.3) is 0 Å². The summed E-state index contributed by atoms with van der Waals surface area (Å²) in [7, 11) is 0. The van der Waals surface area contributed by atoms with Gasteiger partial charge >= 0.3 is 6.09 Å². The van der Waals surface area contributed by atoms with E-state index < -0.39 is 17.7 Å². The fourth-order valence-corrected chi connectivity index (χ4v) is 1.32. The Labute approximate surface area is 91.1 Å². The first-order valence-corrected chi connectivity index (χ1v) is 4.71. The zero-order valence-corrected chi connectivity index (χ0v) is 8.46. The summed E-state index contributed by atoms with van der Waals surface area (Å²) in [6.07, 6.45) is -0.597. The summed E-state index contributed by atoms with van der Waals surface area (Å²) in [6, 6.07) is 2.25. The molecular formula is C10H12F2N2O2. The molecule has 1 amide bonds. The zero-order chi connectivity index (χ0) is 12.1. The third kappa shape index (κ3) is 3.08. The molecular weight excluding hydrogens is 218 g/mol. The van der Waals surface area contributed by atoms with Crippen molar-refractivity contribution < 1.29 is 18.7 Å². The van der Waals surface area contributed by atoms with Crippen LogP contribution in [0.5, 0.6) is 0 Å². The van der Waals surface area contributed by atoms with Gasteiger partial charge in [-0.25, -0.2) is 13.6 Å². The minimum atomic E-state index is -1.15. The summed E-state index contributed by atoms with van der Waals surface area (Å²) in [5.41, 5.74) is 5.75. The van der Waals surface area contributed by atoms with Crippen LogP contribution in [0.15, 0.2) is 12.1 Å². The van der Waals surface area contributed by atoms with Gasteiger partial charge in [0.2, 0.25) is 0 Å². The molecule has 0 aromatic heterocycles. The van der Waals surface area contributed by atoms with Crippen molar-refractivity contribution in [1.29, 1.82) is 0 Å². The molecule has 0 atom stereocenters. The van der Waals surface area contributed by atoms with Crippen molar-refractivity contribution in [1.82, 2.24) is 5.32 Å². The van der Waals surface area contributed by atoms with Crippen LogP contribution in [0.2, 0.25) is 0 Å². The van der Waals surface area contributed by atoms with Gasteiger partial charge in [0, 0.05) is 17.8 Å². The number of amides is 1. The third-order valence-corrected chi connectivity index (χ3v) is 2.11. The van der Waals surface area contributed by atoms with Gasteiger partial charge in [0.1, 0.15) is 0 Å². The summed E-state index contributed by atoms with van der Waals surface area (Å²) in [5, 5.41) is 10.4. The number of hydrogen-bond donors (Lipinski definition) is 3. The maximum atomic E-state index is 13.3.